The van der Waals surface area contributed by atoms with Gasteiger partial charge in [0.05, 0.1) is 6.61 Å². The van der Waals surface area contributed by atoms with Gasteiger partial charge in [-0.2, -0.15) is 0 Å². The maximum Gasteiger partial charge on any atom is 0.195 e. The molecule has 0 spiro atoms. The molecule has 1 aromatic heterocycles. The highest BCUT2D eigenvalue weighted by Crippen LogP contribution is 2.25. The number of fused-ring (bicyclic) bond motifs is 2. The smallest absolute Gasteiger partial charge is 0.195 e. The first-order valence-corrected chi connectivity index (χ1v) is 9.57. The van der Waals surface area contributed by atoms with Crippen LogP contribution in [0, 0.1) is 5.92 Å². The quantitative estimate of drug-likeness (QED) is 0.519. The number of rotatable bonds is 5. The van der Waals surface area contributed by atoms with Gasteiger partial charge in [0.15, 0.2) is 5.43 Å². The van der Waals surface area contributed by atoms with Crippen molar-refractivity contribution in [2.24, 2.45) is 11.7 Å². The third-order valence-electron chi connectivity index (χ3n) is 3.40. The summed E-state index contributed by atoms with van der Waals surface area (Å²) >= 11 is 1.65. The molecular formula is C21H27NO2S. The lowest BCUT2D eigenvalue weighted by atomic mass is 10.1. The Morgan fingerprint density at radius 2 is 1.72 bits per heavy atom. The third-order valence-corrected chi connectivity index (χ3v) is 4.55. The summed E-state index contributed by atoms with van der Waals surface area (Å²) < 4.78 is 7.61. The van der Waals surface area contributed by atoms with Gasteiger partial charge in [-0.3, -0.25) is 4.79 Å². The molecule has 0 aliphatic carbocycles. The van der Waals surface area contributed by atoms with Gasteiger partial charge in [0.25, 0.3) is 0 Å². The van der Waals surface area contributed by atoms with Gasteiger partial charge >= 0.3 is 0 Å². The Morgan fingerprint density at radius 3 is 2.44 bits per heavy atom. The van der Waals surface area contributed by atoms with E-state index in [0.29, 0.717) is 19.8 Å². The molecule has 3 nitrogen and oxygen atoms in total. The van der Waals surface area contributed by atoms with E-state index in [4.69, 9.17) is 10.5 Å². The lowest BCUT2D eigenvalue weighted by Crippen LogP contribution is -2.05. The fourth-order valence-electron chi connectivity index (χ4n) is 2.32. The second-order valence-electron chi connectivity index (χ2n) is 6.68. The Bertz CT molecular complexity index is 868. The molecule has 3 aromatic rings. The largest absolute Gasteiger partial charge is 0.377 e. The van der Waals surface area contributed by atoms with Crippen LogP contribution in [0.1, 0.15) is 32.8 Å². The normalized spacial score (nSPS) is 10.9. The minimum Gasteiger partial charge on any atom is -0.377 e. The summed E-state index contributed by atoms with van der Waals surface area (Å²) in [7, 11) is 0. The summed E-state index contributed by atoms with van der Waals surface area (Å²) in [6.45, 7) is 8.31. The summed E-state index contributed by atoms with van der Waals surface area (Å²) in [5.41, 5.74) is 6.56. The van der Waals surface area contributed by atoms with E-state index in [1.54, 1.807) is 11.3 Å². The second-order valence-corrected chi connectivity index (χ2v) is 7.77. The van der Waals surface area contributed by atoms with Gasteiger partial charge in [-0.15, -0.1) is 11.3 Å². The molecule has 0 bridgehead atoms. The van der Waals surface area contributed by atoms with E-state index in [0.717, 1.165) is 38.1 Å². The molecule has 3 rings (SSSR count). The fraction of sp³-hybridized carbons (Fsp3) is 0.381. The van der Waals surface area contributed by atoms with E-state index < -0.39 is 0 Å². The minimum atomic E-state index is 0.100. The number of nitrogens with two attached hydrogens (primary N) is 1. The first-order chi connectivity index (χ1) is 12.0. The van der Waals surface area contributed by atoms with Crippen LogP contribution in [0.15, 0.2) is 47.3 Å². The van der Waals surface area contributed by atoms with Gasteiger partial charge in [0.2, 0.25) is 0 Å². The van der Waals surface area contributed by atoms with Crippen molar-refractivity contribution >= 4 is 31.5 Å². The van der Waals surface area contributed by atoms with Gasteiger partial charge in [-0.05, 0) is 48.7 Å². The molecule has 0 saturated heterocycles. The summed E-state index contributed by atoms with van der Waals surface area (Å²) in [5.74, 6) is 0.833. The van der Waals surface area contributed by atoms with Crippen LogP contribution < -0.4 is 11.2 Å². The van der Waals surface area contributed by atoms with Crippen LogP contribution in [-0.4, -0.2) is 13.2 Å². The molecular weight excluding hydrogens is 330 g/mol. The van der Waals surface area contributed by atoms with Crippen molar-refractivity contribution in [1.82, 2.24) is 0 Å². The minimum absolute atomic E-state index is 0.100. The van der Waals surface area contributed by atoms with E-state index in [-0.39, 0.29) is 5.43 Å². The van der Waals surface area contributed by atoms with E-state index in [1.165, 1.54) is 0 Å². The van der Waals surface area contributed by atoms with Crippen molar-refractivity contribution in [3.05, 3.63) is 58.3 Å². The summed E-state index contributed by atoms with van der Waals surface area (Å²) in [4.78, 5) is 12.6. The van der Waals surface area contributed by atoms with Gasteiger partial charge in [0, 0.05) is 26.8 Å². The zero-order valence-corrected chi connectivity index (χ0v) is 16.1. The Morgan fingerprint density at radius 1 is 1.04 bits per heavy atom. The lowest BCUT2D eigenvalue weighted by molar-refractivity contribution is 0.120. The zero-order chi connectivity index (χ0) is 18.2. The predicted molar refractivity (Wildman–Crippen MR) is 109 cm³/mol. The van der Waals surface area contributed by atoms with Crippen molar-refractivity contribution in [3.8, 4) is 0 Å². The maximum absolute atomic E-state index is 12.6. The molecule has 1 heterocycles. The van der Waals surface area contributed by atoms with Crippen molar-refractivity contribution < 1.29 is 4.74 Å². The monoisotopic (exact) mass is 357 g/mol. The van der Waals surface area contributed by atoms with Crippen LogP contribution in [-0.2, 0) is 11.3 Å². The fourth-order valence-corrected chi connectivity index (χ4v) is 3.37. The number of hydrogen-bond donors (Lipinski definition) is 1. The van der Waals surface area contributed by atoms with Crippen molar-refractivity contribution in [2.45, 2.75) is 33.8 Å². The lowest BCUT2D eigenvalue weighted by Gasteiger charge is -2.06. The third kappa shape index (κ3) is 5.63. The molecule has 0 unspecified atom stereocenters. The first-order valence-electron chi connectivity index (χ1n) is 8.75. The van der Waals surface area contributed by atoms with E-state index in [9.17, 15) is 4.79 Å². The van der Waals surface area contributed by atoms with Crippen molar-refractivity contribution in [1.29, 1.82) is 0 Å². The van der Waals surface area contributed by atoms with Crippen LogP contribution in [0.4, 0.5) is 0 Å². The van der Waals surface area contributed by atoms with Gasteiger partial charge < -0.3 is 10.5 Å². The van der Waals surface area contributed by atoms with Gasteiger partial charge in [-0.1, -0.05) is 39.0 Å². The Hall–Kier alpha value is -1.75. The number of ether oxygens (including phenoxy) is 1. The average Bonchev–Trinajstić information content (AvgIpc) is 2.59. The predicted octanol–water partition coefficient (Wildman–Crippen LogP) is 4.94. The van der Waals surface area contributed by atoms with Crippen LogP contribution in [0.2, 0.25) is 0 Å². The van der Waals surface area contributed by atoms with E-state index >= 15 is 0 Å². The molecule has 4 heteroatoms. The molecule has 0 fully saturated rings. The average molecular weight is 358 g/mol. The SMILES string of the molecule is CC(C)C.NCCCOCc1ccc2sc3ccccc3c(=O)c2c1. The molecule has 0 aliphatic heterocycles. The summed E-state index contributed by atoms with van der Waals surface area (Å²) in [6, 6.07) is 13.7. The molecule has 0 radical (unpaired) electrons. The Labute approximate surface area is 153 Å². The van der Waals surface area contributed by atoms with Crippen molar-refractivity contribution in [3.63, 3.8) is 0 Å². The maximum atomic E-state index is 12.6. The topological polar surface area (TPSA) is 52.3 Å². The zero-order valence-electron chi connectivity index (χ0n) is 15.2. The number of benzene rings is 2. The van der Waals surface area contributed by atoms with Gasteiger partial charge in [-0.25, -0.2) is 0 Å². The summed E-state index contributed by atoms with van der Waals surface area (Å²) in [6.07, 6.45) is 0.854. The molecule has 0 atom stereocenters. The standard InChI is InChI=1S/C17H17NO2S.C4H10/c18-8-3-9-20-11-12-6-7-16-14(10-12)17(19)13-4-1-2-5-15(13)21-16;1-4(2)3/h1-2,4-7,10H,3,8-9,11,18H2;4H,1-3H3. The molecule has 0 saturated carbocycles. The Kier molecular flexibility index (Phi) is 7.56. The molecule has 25 heavy (non-hydrogen) atoms. The van der Waals surface area contributed by atoms with Crippen LogP contribution in [0.25, 0.3) is 20.2 Å². The molecule has 134 valence electrons. The summed E-state index contributed by atoms with van der Waals surface area (Å²) in [5, 5.41) is 1.56. The van der Waals surface area contributed by atoms with Crippen LogP contribution in [0.5, 0.6) is 0 Å². The van der Waals surface area contributed by atoms with Crippen LogP contribution in [0.3, 0.4) is 0 Å². The molecule has 2 N–H and O–H groups in total. The van der Waals surface area contributed by atoms with Crippen molar-refractivity contribution in [2.75, 3.05) is 13.2 Å². The second kappa shape index (κ2) is 9.66. The van der Waals surface area contributed by atoms with E-state index in [2.05, 4.69) is 20.8 Å². The highest BCUT2D eigenvalue weighted by Gasteiger charge is 2.06. The molecule has 0 amide bonds. The Balaban J connectivity index is 0.000000511. The van der Waals surface area contributed by atoms with E-state index in [1.807, 2.05) is 42.5 Å². The highest BCUT2D eigenvalue weighted by molar-refractivity contribution is 7.24. The van der Waals surface area contributed by atoms with Gasteiger partial charge in [0.1, 0.15) is 0 Å². The number of hydrogen-bond acceptors (Lipinski definition) is 4. The first kappa shape index (κ1) is 19.6. The molecule has 0 aliphatic rings. The molecule has 2 aromatic carbocycles. The highest BCUT2D eigenvalue weighted by atomic mass is 32.1. The van der Waals surface area contributed by atoms with Crippen LogP contribution >= 0.6 is 11.3 Å².